The summed E-state index contributed by atoms with van der Waals surface area (Å²) in [4.78, 5) is 17.1. The molecular formula is C12H18Cl2FN3O2. The van der Waals surface area contributed by atoms with Gasteiger partial charge in [-0.05, 0) is 24.1 Å². The van der Waals surface area contributed by atoms with Crippen LogP contribution in [0.1, 0.15) is 18.1 Å². The third-order valence-electron chi connectivity index (χ3n) is 3.12. The highest BCUT2D eigenvalue weighted by molar-refractivity contribution is 5.85. The molecule has 1 aliphatic heterocycles. The molecular weight excluding hydrogens is 308 g/mol. The summed E-state index contributed by atoms with van der Waals surface area (Å²) in [6.45, 7) is 0.423. The van der Waals surface area contributed by atoms with Gasteiger partial charge in [-0.2, -0.15) is 0 Å². The summed E-state index contributed by atoms with van der Waals surface area (Å²) in [6, 6.07) is 2.12. The summed E-state index contributed by atoms with van der Waals surface area (Å²) in [7, 11) is 0. The molecule has 1 saturated heterocycles. The average Bonchev–Trinajstić information content (AvgIpc) is 2.84. The Morgan fingerprint density at radius 2 is 2.05 bits per heavy atom. The van der Waals surface area contributed by atoms with Crippen molar-refractivity contribution in [2.45, 2.75) is 24.7 Å². The van der Waals surface area contributed by atoms with Gasteiger partial charge < -0.3 is 15.7 Å². The molecule has 3 N–H and O–H groups in total. The number of halogens is 3. The van der Waals surface area contributed by atoms with Gasteiger partial charge in [-0.25, -0.2) is 4.39 Å². The second-order valence-electron chi connectivity index (χ2n) is 4.42. The van der Waals surface area contributed by atoms with Crippen molar-refractivity contribution in [2.75, 3.05) is 13.1 Å². The predicted molar refractivity (Wildman–Crippen MR) is 77.8 cm³/mol. The number of alkyl halides is 1. The quantitative estimate of drug-likeness (QED) is 0.863. The monoisotopic (exact) mass is 325 g/mol. The first-order chi connectivity index (χ1) is 8.59. The number of amides is 1. The Balaban J connectivity index is 0.00000180. The number of aliphatic hydroxyl groups excluding tert-OH is 1. The summed E-state index contributed by atoms with van der Waals surface area (Å²) in [6.07, 6.45) is 1.29. The zero-order valence-electron chi connectivity index (χ0n) is 10.7. The van der Waals surface area contributed by atoms with Crippen LogP contribution < -0.4 is 5.73 Å². The number of hydrogen-bond acceptors (Lipinski definition) is 4. The maximum Gasteiger partial charge on any atom is 0.242 e. The van der Waals surface area contributed by atoms with Crippen molar-refractivity contribution < 1.29 is 14.3 Å². The first-order valence-electron chi connectivity index (χ1n) is 5.86. The number of nitrogens with zero attached hydrogens (tertiary/aromatic N) is 2. The maximum atomic E-state index is 13.0. The normalized spacial score (nSPS) is 20.6. The Morgan fingerprint density at radius 1 is 1.45 bits per heavy atom. The van der Waals surface area contributed by atoms with Crippen LogP contribution in [0.4, 0.5) is 4.39 Å². The van der Waals surface area contributed by atoms with E-state index in [2.05, 4.69) is 4.98 Å². The highest BCUT2D eigenvalue weighted by Crippen LogP contribution is 2.19. The van der Waals surface area contributed by atoms with Crippen LogP contribution in [-0.2, 0) is 4.79 Å². The van der Waals surface area contributed by atoms with Gasteiger partial charge in [0.15, 0.2) is 0 Å². The first-order valence-corrected chi connectivity index (χ1v) is 5.86. The van der Waals surface area contributed by atoms with E-state index in [1.165, 1.54) is 17.3 Å². The molecule has 0 unspecified atom stereocenters. The molecule has 1 aromatic rings. The van der Waals surface area contributed by atoms with Gasteiger partial charge >= 0.3 is 0 Å². The van der Waals surface area contributed by atoms with Crippen molar-refractivity contribution in [3.05, 3.63) is 30.1 Å². The lowest BCUT2D eigenvalue weighted by atomic mass is 10.0. The lowest BCUT2D eigenvalue weighted by molar-refractivity contribution is -0.134. The van der Waals surface area contributed by atoms with Gasteiger partial charge in [0.2, 0.25) is 5.91 Å². The molecule has 1 fully saturated rings. The summed E-state index contributed by atoms with van der Waals surface area (Å²) >= 11 is 0. The van der Waals surface area contributed by atoms with Crippen LogP contribution in [0.2, 0.25) is 0 Å². The highest BCUT2D eigenvalue weighted by Gasteiger charge is 2.32. The second-order valence-corrected chi connectivity index (χ2v) is 4.42. The third-order valence-corrected chi connectivity index (χ3v) is 3.12. The zero-order chi connectivity index (χ0) is 13.1. The van der Waals surface area contributed by atoms with Crippen LogP contribution >= 0.6 is 24.8 Å². The van der Waals surface area contributed by atoms with Crippen LogP contribution in [0.25, 0.3) is 0 Å². The van der Waals surface area contributed by atoms with E-state index in [1.807, 2.05) is 0 Å². The van der Waals surface area contributed by atoms with Crippen molar-refractivity contribution in [3.63, 3.8) is 0 Å². The van der Waals surface area contributed by atoms with Crippen molar-refractivity contribution >= 4 is 30.7 Å². The van der Waals surface area contributed by atoms with Crippen molar-refractivity contribution in [1.82, 2.24) is 9.88 Å². The molecule has 1 aliphatic rings. The van der Waals surface area contributed by atoms with E-state index < -0.39 is 24.2 Å². The van der Waals surface area contributed by atoms with Crippen molar-refractivity contribution in [3.8, 4) is 0 Å². The molecule has 2 rings (SSSR count). The smallest absolute Gasteiger partial charge is 0.242 e. The maximum absolute atomic E-state index is 13.0. The van der Waals surface area contributed by atoms with E-state index in [0.29, 0.717) is 18.5 Å². The number of likely N-dealkylation sites (tertiary alicyclic amines) is 1. The molecule has 114 valence electrons. The van der Waals surface area contributed by atoms with Crippen LogP contribution in [-0.4, -0.2) is 46.2 Å². The van der Waals surface area contributed by atoms with E-state index in [4.69, 9.17) is 5.73 Å². The molecule has 3 atom stereocenters. The van der Waals surface area contributed by atoms with Gasteiger partial charge in [-0.15, -0.1) is 24.8 Å². The second kappa shape index (κ2) is 8.36. The SMILES string of the molecule is Cl.Cl.N[C@H](C(=O)N1CC[C@H](F)C1)[C@H](O)c1ccncc1. The topological polar surface area (TPSA) is 79.5 Å². The molecule has 0 aliphatic carbocycles. The van der Waals surface area contributed by atoms with Gasteiger partial charge in [0, 0.05) is 18.9 Å². The predicted octanol–water partition coefficient (Wildman–Crippen LogP) is 0.856. The first kappa shape index (κ1) is 19.1. The van der Waals surface area contributed by atoms with Gasteiger partial charge in [0.25, 0.3) is 0 Å². The minimum atomic E-state index is -1.10. The summed E-state index contributed by atoms with van der Waals surface area (Å²) in [5, 5.41) is 9.99. The average molecular weight is 326 g/mol. The summed E-state index contributed by atoms with van der Waals surface area (Å²) in [5.74, 6) is -0.417. The van der Waals surface area contributed by atoms with Gasteiger partial charge in [0.1, 0.15) is 18.3 Å². The minimum absolute atomic E-state index is 0. The zero-order valence-corrected chi connectivity index (χ0v) is 12.3. The van der Waals surface area contributed by atoms with Crippen molar-refractivity contribution in [1.29, 1.82) is 0 Å². The molecule has 5 nitrogen and oxygen atoms in total. The van der Waals surface area contributed by atoms with Crippen LogP contribution in [0.5, 0.6) is 0 Å². The molecule has 1 amide bonds. The molecule has 0 radical (unpaired) electrons. The molecule has 1 aromatic heterocycles. The molecule has 0 bridgehead atoms. The van der Waals surface area contributed by atoms with Gasteiger partial charge in [0.05, 0.1) is 6.54 Å². The van der Waals surface area contributed by atoms with E-state index in [9.17, 15) is 14.3 Å². The summed E-state index contributed by atoms with van der Waals surface area (Å²) in [5.41, 5.74) is 6.26. The fraction of sp³-hybridized carbons (Fsp3) is 0.500. The number of rotatable bonds is 3. The Bertz CT molecular complexity index is 424. The number of aromatic nitrogens is 1. The molecule has 0 saturated carbocycles. The number of pyridine rings is 1. The Morgan fingerprint density at radius 3 is 2.55 bits per heavy atom. The van der Waals surface area contributed by atoms with Crippen LogP contribution in [0.15, 0.2) is 24.5 Å². The largest absolute Gasteiger partial charge is 0.386 e. The van der Waals surface area contributed by atoms with E-state index in [-0.39, 0.29) is 31.4 Å². The molecule has 0 aromatic carbocycles. The minimum Gasteiger partial charge on any atom is -0.386 e. The lowest BCUT2D eigenvalue weighted by Crippen LogP contribution is -2.46. The van der Waals surface area contributed by atoms with Gasteiger partial charge in [-0.3, -0.25) is 9.78 Å². The number of carbonyl (C=O) groups is 1. The lowest BCUT2D eigenvalue weighted by Gasteiger charge is -2.23. The van der Waals surface area contributed by atoms with Crippen molar-refractivity contribution in [2.24, 2.45) is 5.73 Å². The number of nitrogens with two attached hydrogens (primary N) is 1. The Hall–Kier alpha value is -0.950. The van der Waals surface area contributed by atoms with E-state index in [0.717, 1.165) is 0 Å². The standard InChI is InChI=1S/C12H16FN3O2.2ClH/c13-9-3-6-16(7-9)12(18)10(14)11(17)8-1-4-15-5-2-8;;/h1-2,4-5,9-11,17H,3,6-7,14H2;2*1H/t9-,10-,11+;;/m0../s1. The summed E-state index contributed by atoms with van der Waals surface area (Å²) < 4.78 is 13.0. The number of carbonyl (C=O) groups excluding carboxylic acids is 1. The molecule has 2 heterocycles. The third kappa shape index (κ3) is 4.28. The highest BCUT2D eigenvalue weighted by atomic mass is 35.5. The Labute approximate surface area is 129 Å². The fourth-order valence-electron chi connectivity index (χ4n) is 2.03. The van der Waals surface area contributed by atoms with Gasteiger partial charge in [-0.1, -0.05) is 0 Å². The fourth-order valence-corrected chi connectivity index (χ4v) is 2.03. The Kier molecular flexibility index (Phi) is 7.96. The number of aliphatic hydroxyl groups is 1. The van der Waals surface area contributed by atoms with E-state index in [1.54, 1.807) is 12.1 Å². The van der Waals surface area contributed by atoms with Crippen LogP contribution in [0, 0.1) is 0 Å². The van der Waals surface area contributed by atoms with E-state index >= 15 is 0 Å². The molecule has 8 heteroatoms. The molecule has 0 spiro atoms. The molecule has 20 heavy (non-hydrogen) atoms. The van der Waals surface area contributed by atoms with Crippen LogP contribution in [0.3, 0.4) is 0 Å². The number of hydrogen-bond donors (Lipinski definition) is 2.